The summed E-state index contributed by atoms with van der Waals surface area (Å²) in [5.41, 5.74) is 0.354. The molecule has 0 saturated carbocycles. The molecule has 1 N–H and O–H groups in total. The Morgan fingerprint density at radius 3 is 2.58 bits per heavy atom. The normalized spacial score (nSPS) is 22.5. The number of likely N-dealkylation sites (N-methyl/N-ethyl adjacent to an activating group) is 1. The van der Waals surface area contributed by atoms with Crippen LogP contribution in [0.15, 0.2) is 0 Å². The zero-order valence-electron chi connectivity index (χ0n) is 13.2. The number of carbonyl (C=O) groups is 1. The number of rotatable bonds is 6. The van der Waals surface area contributed by atoms with Crippen molar-refractivity contribution in [2.75, 3.05) is 32.8 Å². The molecule has 1 aliphatic heterocycles. The molecule has 1 rings (SSSR count). The van der Waals surface area contributed by atoms with E-state index in [-0.39, 0.29) is 12.0 Å². The quantitative estimate of drug-likeness (QED) is 0.749. The number of ether oxygens (including phenoxy) is 1. The summed E-state index contributed by atoms with van der Waals surface area (Å²) >= 11 is 0. The Morgan fingerprint density at radius 2 is 2.11 bits per heavy atom. The van der Waals surface area contributed by atoms with E-state index in [1.54, 1.807) is 0 Å². The lowest BCUT2D eigenvalue weighted by molar-refractivity contribution is -0.146. The lowest BCUT2D eigenvalue weighted by Crippen LogP contribution is -2.46. The Bertz CT molecular complexity index is 286. The second-order valence-corrected chi connectivity index (χ2v) is 6.47. The van der Waals surface area contributed by atoms with Crippen LogP contribution in [0.5, 0.6) is 0 Å². The van der Waals surface area contributed by atoms with E-state index in [1.165, 1.54) is 6.42 Å². The molecule has 112 valence electrons. The van der Waals surface area contributed by atoms with Gasteiger partial charge in [0, 0.05) is 13.1 Å². The summed E-state index contributed by atoms with van der Waals surface area (Å²) in [5.74, 6) is 0.598. The minimum Gasteiger partial charge on any atom is -0.465 e. The second kappa shape index (κ2) is 7.25. The maximum absolute atomic E-state index is 11.9. The highest BCUT2D eigenvalue weighted by Crippen LogP contribution is 2.33. The minimum atomic E-state index is -0.191. The monoisotopic (exact) mass is 270 g/mol. The molecule has 0 amide bonds. The van der Waals surface area contributed by atoms with E-state index in [0.29, 0.717) is 12.0 Å². The van der Waals surface area contributed by atoms with Gasteiger partial charge in [0.1, 0.15) is 6.04 Å². The van der Waals surface area contributed by atoms with E-state index < -0.39 is 0 Å². The first kappa shape index (κ1) is 16.4. The van der Waals surface area contributed by atoms with E-state index in [0.717, 1.165) is 32.1 Å². The van der Waals surface area contributed by atoms with Gasteiger partial charge in [-0.25, -0.2) is 0 Å². The number of carbonyl (C=O) groups excluding carboxylic acids is 1. The SMILES string of the molecule is CCNC(CN1CCC(C(C)(C)C)C1)C(=O)OCC. The van der Waals surface area contributed by atoms with E-state index in [4.69, 9.17) is 4.74 Å². The standard InChI is InChI=1S/C15H30N2O2/c1-6-16-13(14(18)19-7-2)11-17-9-8-12(10-17)15(3,4)5/h12-13,16H,6-11H2,1-5H3. The van der Waals surface area contributed by atoms with E-state index >= 15 is 0 Å². The van der Waals surface area contributed by atoms with Gasteiger partial charge in [-0.05, 0) is 37.8 Å². The third kappa shape index (κ3) is 5.11. The summed E-state index contributed by atoms with van der Waals surface area (Å²) in [6.07, 6.45) is 1.23. The highest BCUT2D eigenvalue weighted by molar-refractivity contribution is 5.76. The van der Waals surface area contributed by atoms with Crippen molar-refractivity contribution >= 4 is 5.97 Å². The van der Waals surface area contributed by atoms with E-state index in [1.807, 2.05) is 13.8 Å². The van der Waals surface area contributed by atoms with Crippen molar-refractivity contribution in [2.45, 2.75) is 47.1 Å². The van der Waals surface area contributed by atoms with Crippen LogP contribution in [-0.4, -0.2) is 49.7 Å². The predicted octanol–water partition coefficient (Wildman–Crippen LogP) is 1.90. The van der Waals surface area contributed by atoms with Gasteiger partial charge in [0.25, 0.3) is 0 Å². The summed E-state index contributed by atoms with van der Waals surface area (Å²) in [7, 11) is 0. The van der Waals surface area contributed by atoms with Crippen LogP contribution in [0.1, 0.15) is 41.0 Å². The molecule has 0 bridgehead atoms. The van der Waals surface area contributed by atoms with Crippen LogP contribution in [0, 0.1) is 11.3 Å². The number of hydrogen-bond donors (Lipinski definition) is 1. The molecule has 1 saturated heterocycles. The topological polar surface area (TPSA) is 41.6 Å². The lowest BCUT2D eigenvalue weighted by atomic mass is 9.80. The van der Waals surface area contributed by atoms with Gasteiger partial charge in [-0.3, -0.25) is 4.79 Å². The van der Waals surface area contributed by atoms with Crippen molar-refractivity contribution in [3.8, 4) is 0 Å². The number of nitrogens with one attached hydrogen (secondary N) is 1. The van der Waals surface area contributed by atoms with Gasteiger partial charge >= 0.3 is 5.97 Å². The Morgan fingerprint density at radius 1 is 1.42 bits per heavy atom. The molecule has 2 atom stereocenters. The fraction of sp³-hybridized carbons (Fsp3) is 0.933. The van der Waals surface area contributed by atoms with Crippen LogP contribution < -0.4 is 5.32 Å². The number of nitrogens with zero attached hydrogens (tertiary/aromatic N) is 1. The fourth-order valence-electron chi connectivity index (χ4n) is 2.68. The fourth-order valence-corrected chi connectivity index (χ4v) is 2.68. The first-order valence-corrected chi connectivity index (χ1v) is 7.50. The molecule has 2 unspecified atom stereocenters. The molecule has 0 aromatic carbocycles. The number of esters is 1. The van der Waals surface area contributed by atoms with Gasteiger partial charge in [-0.15, -0.1) is 0 Å². The summed E-state index contributed by atoms with van der Waals surface area (Å²) < 4.78 is 5.13. The third-order valence-electron chi connectivity index (χ3n) is 3.96. The van der Waals surface area contributed by atoms with Gasteiger partial charge in [-0.1, -0.05) is 27.7 Å². The van der Waals surface area contributed by atoms with Gasteiger partial charge in [0.05, 0.1) is 6.61 Å². The molecule has 19 heavy (non-hydrogen) atoms. The summed E-state index contributed by atoms with van der Waals surface area (Å²) in [6.45, 7) is 15.0. The van der Waals surface area contributed by atoms with E-state index in [2.05, 4.69) is 31.0 Å². The largest absolute Gasteiger partial charge is 0.465 e. The van der Waals surface area contributed by atoms with Crippen LogP contribution >= 0.6 is 0 Å². The predicted molar refractivity (Wildman–Crippen MR) is 78.1 cm³/mol. The Balaban J connectivity index is 2.50. The molecule has 1 aliphatic rings. The van der Waals surface area contributed by atoms with Crippen molar-refractivity contribution in [1.82, 2.24) is 10.2 Å². The van der Waals surface area contributed by atoms with Gasteiger partial charge in [-0.2, -0.15) is 0 Å². The van der Waals surface area contributed by atoms with Gasteiger partial charge in [0.2, 0.25) is 0 Å². The molecular weight excluding hydrogens is 240 g/mol. The summed E-state index contributed by atoms with van der Waals surface area (Å²) in [5, 5.41) is 3.23. The number of hydrogen-bond acceptors (Lipinski definition) is 4. The van der Waals surface area contributed by atoms with Crippen LogP contribution in [0.4, 0.5) is 0 Å². The summed E-state index contributed by atoms with van der Waals surface area (Å²) in [4.78, 5) is 14.3. The Hall–Kier alpha value is -0.610. The van der Waals surface area contributed by atoms with Crippen LogP contribution in [0.3, 0.4) is 0 Å². The maximum atomic E-state index is 11.9. The molecule has 0 spiro atoms. The first-order valence-electron chi connectivity index (χ1n) is 7.50. The van der Waals surface area contributed by atoms with Gasteiger partial charge in [0.15, 0.2) is 0 Å². The average Bonchev–Trinajstić information content (AvgIpc) is 2.77. The van der Waals surface area contributed by atoms with E-state index in [9.17, 15) is 4.79 Å². The van der Waals surface area contributed by atoms with Crippen molar-refractivity contribution in [3.05, 3.63) is 0 Å². The van der Waals surface area contributed by atoms with Gasteiger partial charge < -0.3 is 15.0 Å². The molecule has 4 nitrogen and oxygen atoms in total. The third-order valence-corrected chi connectivity index (χ3v) is 3.96. The Labute approximate surface area is 117 Å². The maximum Gasteiger partial charge on any atom is 0.324 e. The summed E-state index contributed by atoms with van der Waals surface area (Å²) in [6, 6.07) is -0.191. The zero-order valence-corrected chi connectivity index (χ0v) is 13.2. The lowest BCUT2D eigenvalue weighted by Gasteiger charge is -2.28. The van der Waals surface area contributed by atoms with Crippen molar-refractivity contribution < 1.29 is 9.53 Å². The molecule has 0 aromatic rings. The van der Waals surface area contributed by atoms with Crippen LogP contribution in [0.2, 0.25) is 0 Å². The highest BCUT2D eigenvalue weighted by atomic mass is 16.5. The Kier molecular flexibility index (Phi) is 6.27. The highest BCUT2D eigenvalue weighted by Gasteiger charge is 2.33. The van der Waals surface area contributed by atoms with Crippen molar-refractivity contribution in [3.63, 3.8) is 0 Å². The number of likely N-dealkylation sites (tertiary alicyclic amines) is 1. The molecule has 1 fully saturated rings. The molecule has 0 radical (unpaired) electrons. The average molecular weight is 270 g/mol. The molecule has 0 aromatic heterocycles. The van der Waals surface area contributed by atoms with Crippen LogP contribution in [-0.2, 0) is 9.53 Å². The van der Waals surface area contributed by atoms with Crippen LogP contribution in [0.25, 0.3) is 0 Å². The molecule has 4 heteroatoms. The molecular formula is C15H30N2O2. The molecule has 1 heterocycles. The minimum absolute atomic E-state index is 0.122. The smallest absolute Gasteiger partial charge is 0.324 e. The van der Waals surface area contributed by atoms with Crippen molar-refractivity contribution in [2.24, 2.45) is 11.3 Å². The zero-order chi connectivity index (χ0) is 14.5. The molecule has 0 aliphatic carbocycles. The first-order chi connectivity index (χ1) is 8.88. The van der Waals surface area contributed by atoms with Crippen molar-refractivity contribution in [1.29, 1.82) is 0 Å². The second-order valence-electron chi connectivity index (χ2n) is 6.47.